The zero-order valence-corrected chi connectivity index (χ0v) is 9.18. The highest BCUT2D eigenvalue weighted by Gasteiger charge is 2.13. The van der Waals surface area contributed by atoms with Crippen molar-refractivity contribution in [1.82, 2.24) is 0 Å². The van der Waals surface area contributed by atoms with Crippen molar-refractivity contribution in [2.24, 2.45) is 0 Å². The summed E-state index contributed by atoms with van der Waals surface area (Å²) >= 11 is 1.49. The van der Waals surface area contributed by atoms with Crippen LogP contribution in [-0.4, -0.2) is 26.8 Å². The van der Waals surface area contributed by atoms with Crippen LogP contribution < -0.4 is 9.47 Å². The van der Waals surface area contributed by atoms with Gasteiger partial charge in [0.1, 0.15) is 11.5 Å². The Hall–Kier alpha value is -1.16. The second kappa shape index (κ2) is 4.91. The van der Waals surface area contributed by atoms with E-state index in [4.69, 9.17) is 9.47 Å². The zero-order valence-electron chi connectivity index (χ0n) is 8.37. The molecular formula is C10H12O3S. The molecule has 0 aliphatic heterocycles. The standard InChI is InChI=1S/C10H12O3S/c1-12-8-5-4-7(6-11)9(13-2)10(8)14-3/h4-6H,1-3H3. The van der Waals surface area contributed by atoms with Gasteiger partial charge in [0.25, 0.3) is 0 Å². The van der Waals surface area contributed by atoms with Crippen LogP contribution in [0.25, 0.3) is 0 Å². The Morgan fingerprint density at radius 1 is 1.29 bits per heavy atom. The Balaban J connectivity index is 3.35. The van der Waals surface area contributed by atoms with Crippen molar-refractivity contribution in [2.45, 2.75) is 4.90 Å². The van der Waals surface area contributed by atoms with Crippen molar-refractivity contribution in [2.75, 3.05) is 20.5 Å². The predicted octanol–water partition coefficient (Wildman–Crippen LogP) is 2.24. The third kappa shape index (κ3) is 1.85. The SMILES string of the molecule is COc1ccc(C=O)c(OC)c1SC. The van der Waals surface area contributed by atoms with Gasteiger partial charge in [-0.25, -0.2) is 0 Å². The molecule has 0 aromatic heterocycles. The molecule has 0 amide bonds. The number of rotatable bonds is 4. The molecule has 0 spiro atoms. The molecular weight excluding hydrogens is 200 g/mol. The van der Waals surface area contributed by atoms with Gasteiger partial charge in [-0.3, -0.25) is 4.79 Å². The van der Waals surface area contributed by atoms with Gasteiger partial charge in [0, 0.05) is 0 Å². The maximum absolute atomic E-state index is 10.7. The van der Waals surface area contributed by atoms with Gasteiger partial charge in [-0.15, -0.1) is 11.8 Å². The molecule has 3 nitrogen and oxygen atoms in total. The molecule has 76 valence electrons. The molecule has 0 radical (unpaired) electrons. The molecule has 0 bridgehead atoms. The van der Waals surface area contributed by atoms with Gasteiger partial charge in [0.05, 0.1) is 24.7 Å². The molecule has 1 aromatic carbocycles. The first kappa shape index (κ1) is 10.9. The molecule has 1 aromatic rings. The van der Waals surface area contributed by atoms with Crippen LogP contribution >= 0.6 is 11.8 Å². The molecule has 0 heterocycles. The molecule has 0 aliphatic rings. The summed E-state index contributed by atoms with van der Waals surface area (Å²) in [4.78, 5) is 11.6. The molecule has 0 aliphatic carbocycles. The Bertz CT molecular complexity index is 336. The van der Waals surface area contributed by atoms with Crippen molar-refractivity contribution < 1.29 is 14.3 Å². The lowest BCUT2D eigenvalue weighted by Gasteiger charge is -2.12. The van der Waals surface area contributed by atoms with E-state index in [1.165, 1.54) is 11.8 Å². The Morgan fingerprint density at radius 2 is 2.00 bits per heavy atom. The quantitative estimate of drug-likeness (QED) is 0.566. The zero-order chi connectivity index (χ0) is 10.6. The fraction of sp³-hybridized carbons (Fsp3) is 0.300. The summed E-state index contributed by atoms with van der Waals surface area (Å²) in [5, 5.41) is 0. The first-order valence-corrected chi connectivity index (χ1v) is 5.25. The van der Waals surface area contributed by atoms with Crippen LogP contribution in [0.5, 0.6) is 11.5 Å². The highest BCUT2D eigenvalue weighted by Crippen LogP contribution is 2.38. The third-order valence-corrected chi connectivity index (χ3v) is 2.66. The van der Waals surface area contributed by atoms with E-state index in [2.05, 4.69) is 0 Å². The van der Waals surface area contributed by atoms with E-state index >= 15 is 0 Å². The lowest BCUT2D eigenvalue weighted by atomic mass is 10.2. The predicted molar refractivity (Wildman–Crippen MR) is 56.7 cm³/mol. The van der Waals surface area contributed by atoms with Crippen molar-refractivity contribution in [3.63, 3.8) is 0 Å². The van der Waals surface area contributed by atoms with Gasteiger partial charge in [-0.2, -0.15) is 0 Å². The van der Waals surface area contributed by atoms with E-state index in [1.807, 2.05) is 6.26 Å². The van der Waals surface area contributed by atoms with Gasteiger partial charge in [-0.1, -0.05) is 0 Å². The molecule has 14 heavy (non-hydrogen) atoms. The topological polar surface area (TPSA) is 35.5 Å². The first-order valence-electron chi connectivity index (χ1n) is 4.02. The lowest BCUT2D eigenvalue weighted by molar-refractivity contribution is 0.112. The number of ether oxygens (including phenoxy) is 2. The number of benzene rings is 1. The number of carbonyl (C=O) groups excluding carboxylic acids is 1. The minimum Gasteiger partial charge on any atom is -0.495 e. The van der Waals surface area contributed by atoms with Crippen LogP contribution in [0.4, 0.5) is 0 Å². The van der Waals surface area contributed by atoms with Gasteiger partial charge < -0.3 is 9.47 Å². The van der Waals surface area contributed by atoms with E-state index < -0.39 is 0 Å². The number of carbonyl (C=O) groups is 1. The average Bonchev–Trinajstić information content (AvgIpc) is 2.26. The second-order valence-electron chi connectivity index (χ2n) is 2.54. The van der Waals surface area contributed by atoms with Crippen LogP contribution in [0.15, 0.2) is 17.0 Å². The van der Waals surface area contributed by atoms with E-state index in [-0.39, 0.29) is 0 Å². The average molecular weight is 212 g/mol. The summed E-state index contributed by atoms with van der Waals surface area (Å²) in [5.74, 6) is 1.30. The van der Waals surface area contributed by atoms with E-state index in [0.717, 1.165) is 16.9 Å². The molecule has 0 atom stereocenters. The summed E-state index contributed by atoms with van der Waals surface area (Å²) in [6.45, 7) is 0. The normalized spacial score (nSPS) is 9.64. The number of hydrogen-bond acceptors (Lipinski definition) is 4. The maximum atomic E-state index is 10.7. The summed E-state index contributed by atoms with van der Waals surface area (Å²) in [6.07, 6.45) is 2.69. The van der Waals surface area contributed by atoms with Crippen LogP contribution in [0.1, 0.15) is 10.4 Å². The van der Waals surface area contributed by atoms with Crippen LogP contribution in [-0.2, 0) is 0 Å². The molecule has 0 saturated heterocycles. The van der Waals surface area contributed by atoms with Gasteiger partial charge in [-0.05, 0) is 18.4 Å². The third-order valence-electron chi connectivity index (χ3n) is 1.86. The smallest absolute Gasteiger partial charge is 0.153 e. The second-order valence-corrected chi connectivity index (χ2v) is 3.36. The largest absolute Gasteiger partial charge is 0.495 e. The maximum Gasteiger partial charge on any atom is 0.153 e. The Labute approximate surface area is 87.4 Å². The summed E-state index contributed by atoms with van der Waals surface area (Å²) in [7, 11) is 3.14. The minimum atomic E-state index is 0.539. The van der Waals surface area contributed by atoms with Crippen LogP contribution in [0, 0.1) is 0 Å². The van der Waals surface area contributed by atoms with E-state index in [9.17, 15) is 4.79 Å². The fourth-order valence-corrected chi connectivity index (χ4v) is 1.96. The number of methoxy groups -OCH3 is 2. The van der Waals surface area contributed by atoms with Crippen molar-refractivity contribution in [3.8, 4) is 11.5 Å². The molecule has 0 saturated carbocycles. The highest BCUT2D eigenvalue weighted by atomic mass is 32.2. The first-order chi connectivity index (χ1) is 6.78. The monoisotopic (exact) mass is 212 g/mol. The fourth-order valence-electron chi connectivity index (χ4n) is 1.22. The molecule has 0 N–H and O–H groups in total. The summed E-state index contributed by atoms with van der Waals surface area (Å²) < 4.78 is 10.3. The summed E-state index contributed by atoms with van der Waals surface area (Å²) in [5.41, 5.74) is 0.539. The summed E-state index contributed by atoms with van der Waals surface area (Å²) in [6, 6.07) is 3.45. The number of hydrogen-bond donors (Lipinski definition) is 0. The Morgan fingerprint density at radius 3 is 2.43 bits per heavy atom. The highest BCUT2D eigenvalue weighted by molar-refractivity contribution is 7.98. The van der Waals surface area contributed by atoms with Crippen LogP contribution in [0.3, 0.4) is 0 Å². The molecule has 0 fully saturated rings. The molecule has 4 heteroatoms. The lowest BCUT2D eigenvalue weighted by Crippen LogP contribution is -1.95. The molecule has 0 unspecified atom stereocenters. The molecule has 1 rings (SSSR count). The van der Waals surface area contributed by atoms with Gasteiger partial charge >= 0.3 is 0 Å². The van der Waals surface area contributed by atoms with Crippen LogP contribution in [0.2, 0.25) is 0 Å². The van der Waals surface area contributed by atoms with Crippen molar-refractivity contribution in [3.05, 3.63) is 17.7 Å². The van der Waals surface area contributed by atoms with Gasteiger partial charge in [0.2, 0.25) is 0 Å². The van der Waals surface area contributed by atoms with Crippen molar-refractivity contribution in [1.29, 1.82) is 0 Å². The van der Waals surface area contributed by atoms with E-state index in [0.29, 0.717) is 11.3 Å². The van der Waals surface area contributed by atoms with Crippen molar-refractivity contribution >= 4 is 18.0 Å². The van der Waals surface area contributed by atoms with E-state index in [1.54, 1.807) is 26.4 Å². The van der Waals surface area contributed by atoms with Gasteiger partial charge in [0.15, 0.2) is 6.29 Å². The number of aldehydes is 1. The number of thioether (sulfide) groups is 1. The minimum absolute atomic E-state index is 0.539. The Kier molecular flexibility index (Phi) is 3.83.